The highest BCUT2D eigenvalue weighted by molar-refractivity contribution is 6.36. The number of aromatic amines is 1. The number of nitrogens with two attached hydrogens (primary N) is 1. The molecule has 1 aromatic carbocycles. The number of aliphatic carboxylic acids is 1. The number of nitrogens with zero attached hydrogens (tertiary/aromatic N) is 5. The second-order valence-electron chi connectivity index (χ2n) is 9.59. The molecule has 13 nitrogen and oxygen atoms in total. The molecule has 6 N–H and O–H groups in total. The Morgan fingerprint density at radius 3 is 2.69 bits per heavy atom. The fourth-order valence-corrected chi connectivity index (χ4v) is 5.06. The summed E-state index contributed by atoms with van der Waals surface area (Å²) >= 11 is 6.60. The number of aromatic nitrogens is 5. The topological polar surface area (TPSA) is 184 Å². The fraction of sp³-hybridized carbons (Fsp3) is 0.360. The fourth-order valence-electron chi connectivity index (χ4n) is 4.80. The Hall–Kier alpha value is -4.60. The van der Waals surface area contributed by atoms with Crippen molar-refractivity contribution in [3.05, 3.63) is 46.9 Å². The molecule has 1 unspecified atom stereocenters. The van der Waals surface area contributed by atoms with Crippen molar-refractivity contribution < 1.29 is 32.7 Å². The monoisotopic (exact) mass is 609 g/mol. The Labute approximate surface area is 241 Å². The zero-order valence-electron chi connectivity index (χ0n) is 22.4. The number of amides is 2. The number of rotatable bonds is 5. The van der Waals surface area contributed by atoms with E-state index >= 15 is 0 Å². The number of piperidine rings is 1. The molecule has 1 aliphatic rings. The minimum atomic E-state index is -5.08. The summed E-state index contributed by atoms with van der Waals surface area (Å²) in [5, 5.41) is 26.0. The van der Waals surface area contributed by atoms with E-state index in [1.54, 1.807) is 24.7 Å². The quantitative estimate of drug-likeness (QED) is 0.227. The van der Waals surface area contributed by atoms with Crippen molar-refractivity contribution in [1.29, 1.82) is 0 Å². The predicted octanol–water partition coefficient (Wildman–Crippen LogP) is 3.07. The molecule has 0 aliphatic carbocycles. The molecule has 4 heterocycles. The van der Waals surface area contributed by atoms with Gasteiger partial charge in [0.1, 0.15) is 5.56 Å². The molecule has 4 aromatic rings. The number of alkyl halides is 3. The van der Waals surface area contributed by atoms with Crippen LogP contribution in [0.1, 0.15) is 48.7 Å². The summed E-state index contributed by atoms with van der Waals surface area (Å²) in [6.45, 7) is 4.84. The first-order valence-electron chi connectivity index (χ1n) is 12.6. The standard InChI is InChI=1S/C23H26ClN9O2.C2HF3O2/c1-12(28-23(35)18-21(25)31-33-8-4-6-26-22(18)33)15-9-17(24)16-10-27-30-19(16)20(15)32-7-3-5-14(11-32)29-13(2)34;3-2(4,5)1(6)7/h4,6,8-10,12,14H,3,5,7,11H2,1-2H3,(H2,25,31)(H,27,30)(H,28,35)(H,29,34);(H,6,7)/t12?,14-;/m0./s1. The number of carbonyl (C=O) groups is 3. The van der Waals surface area contributed by atoms with Crippen molar-refractivity contribution in [1.82, 2.24) is 35.4 Å². The van der Waals surface area contributed by atoms with Gasteiger partial charge in [-0.3, -0.25) is 14.7 Å². The van der Waals surface area contributed by atoms with Crippen LogP contribution in [0.15, 0.2) is 30.7 Å². The second kappa shape index (κ2) is 12.1. The van der Waals surface area contributed by atoms with Crippen molar-refractivity contribution in [2.75, 3.05) is 23.7 Å². The molecule has 5 rings (SSSR count). The third-order valence-corrected chi connectivity index (χ3v) is 6.85. The van der Waals surface area contributed by atoms with Crippen molar-refractivity contribution in [3.8, 4) is 0 Å². The highest BCUT2D eigenvalue weighted by atomic mass is 35.5. The largest absolute Gasteiger partial charge is 0.490 e. The Balaban J connectivity index is 0.000000517. The number of carboxylic acid groups (broad SMARTS) is 1. The van der Waals surface area contributed by atoms with Gasteiger partial charge >= 0.3 is 12.1 Å². The number of hydrogen-bond donors (Lipinski definition) is 5. The van der Waals surface area contributed by atoms with E-state index in [9.17, 15) is 22.8 Å². The van der Waals surface area contributed by atoms with Crippen LogP contribution in [0.4, 0.5) is 24.7 Å². The minimum absolute atomic E-state index is 0.0253. The average Bonchev–Trinajstić information content (AvgIpc) is 3.52. The van der Waals surface area contributed by atoms with Crippen molar-refractivity contribution in [3.63, 3.8) is 0 Å². The van der Waals surface area contributed by atoms with Crippen LogP contribution in [-0.4, -0.2) is 73.0 Å². The van der Waals surface area contributed by atoms with E-state index in [2.05, 4.69) is 35.8 Å². The summed E-state index contributed by atoms with van der Waals surface area (Å²) in [6, 6.07) is 3.17. The molecule has 1 saturated heterocycles. The minimum Gasteiger partial charge on any atom is -0.475 e. The number of hydrogen-bond acceptors (Lipinski definition) is 8. The first-order valence-corrected chi connectivity index (χ1v) is 13.0. The zero-order valence-corrected chi connectivity index (χ0v) is 23.1. The molecule has 1 fully saturated rings. The lowest BCUT2D eigenvalue weighted by Crippen LogP contribution is -2.47. The molecule has 0 spiro atoms. The maximum atomic E-state index is 13.3. The number of carbonyl (C=O) groups excluding carboxylic acids is 2. The normalized spacial score (nSPS) is 16.0. The maximum absolute atomic E-state index is 13.3. The molecule has 1 aliphatic heterocycles. The lowest BCUT2D eigenvalue weighted by Gasteiger charge is -2.37. The molecule has 3 aromatic heterocycles. The van der Waals surface area contributed by atoms with Gasteiger partial charge in [0.2, 0.25) is 5.91 Å². The lowest BCUT2D eigenvalue weighted by molar-refractivity contribution is -0.192. The van der Waals surface area contributed by atoms with Gasteiger partial charge in [-0.15, -0.1) is 5.10 Å². The van der Waals surface area contributed by atoms with Crippen LogP contribution in [0.5, 0.6) is 0 Å². The smallest absolute Gasteiger partial charge is 0.475 e. The van der Waals surface area contributed by atoms with Gasteiger partial charge in [-0.05, 0) is 31.9 Å². The van der Waals surface area contributed by atoms with Gasteiger partial charge in [0, 0.05) is 49.4 Å². The van der Waals surface area contributed by atoms with Crippen LogP contribution >= 0.6 is 11.6 Å². The average molecular weight is 610 g/mol. The van der Waals surface area contributed by atoms with Crippen molar-refractivity contribution in [2.24, 2.45) is 0 Å². The third-order valence-electron chi connectivity index (χ3n) is 6.54. The summed E-state index contributed by atoms with van der Waals surface area (Å²) in [7, 11) is 0. The first kappa shape index (κ1) is 30.4. The Morgan fingerprint density at radius 2 is 2.02 bits per heavy atom. The van der Waals surface area contributed by atoms with Crippen LogP contribution in [0.25, 0.3) is 16.6 Å². The number of carboxylic acids is 1. The number of nitrogens with one attached hydrogen (secondary N) is 3. The summed E-state index contributed by atoms with van der Waals surface area (Å²) in [6.07, 6.45) is 1.69. The van der Waals surface area contributed by atoms with Crippen LogP contribution in [0, 0.1) is 0 Å². The second-order valence-corrected chi connectivity index (χ2v) is 9.99. The molecule has 2 atom stereocenters. The van der Waals surface area contributed by atoms with E-state index in [4.69, 9.17) is 27.2 Å². The van der Waals surface area contributed by atoms with Crippen LogP contribution in [0.3, 0.4) is 0 Å². The van der Waals surface area contributed by atoms with E-state index in [0.717, 1.165) is 41.5 Å². The van der Waals surface area contributed by atoms with Crippen LogP contribution in [0.2, 0.25) is 5.02 Å². The number of halogens is 4. The van der Waals surface area contributed by atoms with E-state index < -0.39 is 18.2 Å². The van der Waals surface area contributed by atoms with Gasteiger partial charge in [-0.1, -0.05) is 11.6 Å². The third kappa shape index (κ3) is 6.48. The molecule has 17 heteroatoms. The molecular weight excluding hydrogens is 583 g/mol. The van der Waals surface area contributed by atoms with Gasteiger partial charge < -0.3 is 26.4 Å². The van der Waals surface area contributed by atoms with E-state index in [-0.39, 0.29) is 29.2 Å². The van der Waals surface area contributed by atoms with Crippen molar-refractivity contribution >= 4 is 57.4 Å². The Kier molecular flexibility index (Phi) is 8.75. The lowest BCUT2D eigenvalue weighted by atomic mass is 9.98. The van der Waals surface area contributed by atoms with Gasteiger partial charge in [-0.2, -0.15) is 18.3 Å². The maximum Gasteiger partial charge on any atom is 0.490 e. The Bertz CT molecular complexity index is 1640. The molecule has 0 radical (unpaired) electrons. The van der Waals surface area contributed by atoms with Crippen LogP contribution in [-0.2, 0) is 9.59 Å². The SMILES string of the molecule is CC(=O)N[C@H]1CCCN(c2c(C(C)NC(=O)c3c(N)nn4cccnc34)cc(Cl)c3cn[nH]c23)C1.O=C(O)C(F)(F)F. The molecule has 0 bridgehead atoms. The van der Waals surface area contributed by atoms with E-state index in [0.29, 0.717) is 17.2 Å². The summed E-state index contributed by atoms with van der Waals surface area (Å²) in [4.78, 5) is 40.3. The summed E-state index contributed by atoms with van der Waals surface area (Å²) in [5.41, 5.74) is 9.16. The first-order chi connectivity index (χ1) is 19.8. The predicted molar refractivity (Wildman–Crippen MR) is 147 cm³/mol. The van der Waals surface area contributed by atoms with Gasteiger partial charge in [-0.25, -0.2) is 14.3 Å². The zero-order chi connectivity index (χ0) is 30.8. The van der Waals surface area contributed by atoms with Gasteiger partial charge in [0.15, 0.2) is 11.5 Å². The number of nitrogen functional groups attached to an aromatic ring is 1. The molecule has 42 heavy (non-hydrogen) atoms. The number of fused-ring (bicyclic) bond motifs is 2. The van der Waals surface area contributed by atoms with Gasteiger partial charge in [0.25, 0.3) is 5.91 Å². The highest BCUT2D eigenvalue weighted by Gasteiger charge is 2.38. The van der Waals surface area contributed by atoms with E-state index in [1.807, 2.05) is 13.0 Å². The van der Waals surface area contributed by atoms with Crippen molar-refractivity contribution in [2.45, 2.75) is 44.9 Å². The van der Waals surface area contributed by atoms with E-state index in [1.165, 1.54) is 11.4 Å². The number of anilines is 2. The Morgan fingerprint density at radius 1 is 1.31 bits per heavy atom. The summed E-state index contributed by atoms with van der Waals surface area (Å²) in [5.74, 6) is -3.09. The van der Waals surface area contributed by atoms with Crippen LogP contribution < -0.4 is 21.3 Å². The number of benzene rings is 1. The molecular formula is C25H27ClF3N9O4. The molecule has 224 valence electrons. The van der Waals surface area contributed by atoms with Gasteiger partial charge in [0.05, 0.1) is 28.5 Å². The molecule has 0 saturated carbocycles. The molecule has 2 amide bonds. The summed E-state index contributed by atoms with van der Waals surface area (Å²) < 4.78 is 33.2. The number of H-pyrrole nitrogens is 1. The highest BCUT2D eigenvalue weighted by Crippen LogP contribution is 2.39.